The van der Waals surface area contributed by atoms with E-state index < -0.39 is 5.97 Å². The molecule has 1 aliphatic heterocycles. The second-order valence-electron chi connectivity index (χ2n) is 5.96. The van der Waals surface area contributed by atoms with Crippen molar-refractivity contribution in [1.82, 2.24) is 10.2 Å². The molecule has 0 aromatic rings. The van der Waals surface area contributed by atoms with E-state index in [2.05, 4.69) is 5.32 Å². The van der Waals surface area contributed by atoms with Gasteiger partial charge in [-0.15, -0.1) is 0 Å². The van der Waals surface area contributed by atoms with Crippen LogP contribution in [0.3, 0.4) is 0 Å². The first-order valence-electron chi connectivity index (χ1n) is 7.48. The van der Waals surface area contributed by atoms with Crippen LogP contribution in [0.2, 0.25) is 0 Å². The van der Waals surface area contributed by atoms with Crippen LogP contribution in [-0.4, -0.2) is 52.9 Å². The molecule has 0 bridgehead atoms. The molecule has 2 atom stereocenters. The van der Waals surface area contributed by atoms with Crippen molar-refractivity contribution in [2.24, 2.45) is 11.8 Å². The largest absolute Gasteiger partial charge is 0.481 e. The molecule has 6 nitrogen and oxygen atoms in total. The number of nitrogens with one attached hydrogen (secondary N) is 1. The lowest BCUT2D eigenvalue weighted by Crippen LogP contribution is -2.49. The monoisotopic (exact) mass is 284 g/mol. The highest BCUT2D eigenvalue weighted by atomic mass is 16.4. The zero-order valence-electron chi connectivity index (χ0n) is 11.8. The Hall–Kier alpha value is -1.30. The number of likely N-dealkylation sites (tertiary alicyclic amines) is 1. The van der Waals surface area contributed by atoms with Crippen LogP contribution in [0, 0.1) is 11.8 Å². The number of rotatable bonds is 6. The summed E-state index contributed by atoms with van der Waals surface area (Å²) in [5.74, 6) is -0.176. The fourth-order valence-electron chi connectivity index (χ4n) is 2.94. The van der Waals surface area contributed by atoms with E-state index in [0.717, 1.165) is 38.6 Å². The van der Waals surface area contributed by atoms with Crippen molar-refractivity contribution in [2.75, 3.05) is 19.7 Å². The molecule has 2 amide bonds. The molecule has 0 spiro atoms. The summed E-state index contributed by atoms with van der Waals surface area (Å²) >= 11 is 0. The van der Waals surface area contributed by atoms with Gasteiger partial charge in [-0.1, -0.05) is 0 Å². The molecule has 1 heterocycles. The molecule has 0 aromatic carbocycles. The fourth-order valence-corrected chi connectivity index (χ4v) is 2.94. The highest BCUT2D eigenvalue weighted by Crippen LogP contribution is 2.34. The first-order valence-corrected chi connectivity index (χ1v) is 7.48. The number of carbonyl (C=O) groups excluding carboxylic acids is 1. The first-order chi connectivity index (χ1) is 9.60. The molecule has 2 fully saturated rings. The number of carbonyl (C=O) groups is 2. The first kappa shape index (κ1) is 15.1. The van der Waals surface area contributed by atoms with Gasteiger partial charge >= 0.3 is 12.0 Å². The average molecular weight is 284 g/mol. The summed E-state index contributed by atoms with van der Waals surface area (Å²) in [6.45, 7) is 1.54. The number of piperidine rings is 1. The fraction of sp³-hybridized carbons (Fsp3) is 0.857. The smallest absolute Gasteiger partial charge is 0.317 e. The maximum Gasteiger partial charge on any atom is 0.317 e. The van der Waals surface area contributed by atoms with Gasteiger partial charge in [0.05, 0.1) is 6.42 Å². The number of hydrogen-bond acceptors (Lipinski definition) is 3. The molecule has 6 heteroatoms. The molecule has 3 N–H and O–H groups in total. The number of aliphatic hydroxyl groups is 1. The molecule has 20 heavy (non-hydrogen) atoms. The van der Waals surface area contributed by atoms with Crippen LogP contribution >= 0.6 is 0 Å². The van der Waals surface area contributed by atoms with E-state index in [-0.39, 0.29) is 25.1 Å². The number of hydrogen-bond donors (Lipinski definition) is 3. The number of aliphatic hydroxyl groups excluding tert-OH is 1. The van der Waals surface area contributed by atoms with Gasteiger partial charge in [-0.2, -0.15) is 0 Å². The SMILES string of the molecule is O=C(O)CC(NC(=O)N1CCCC(CCO)C1)C1CC1. The Kier molecular flexibility index (Phi) is 5.23. The van der Waals surface area contributed by atoms with Gasteiger partial charge in [-0.25, -0.2) is 4.79 Å². The van der Waals surface area contributed by atoms with E-state index in [1.165, 1.54) is 0 Å². The maximum absolute atomic E-state index is 12.2. The topological polar surface area (TPSA) is 89.9 Å². The maximum atomic E-state index is 12.2. The molecule has 1 aliphatic carbocycles. The van der Waals surface area contributed by atoms with E-state index in [4.69, 9.17) is 10.2 Å². The van der Waals surface area contributed by atoms with Crippen molar-refractivity contribution in [3.63, 3.8) is 0 Å². The van der Waals surface area contributed by atoms with Crippen LogP contribution < -0.4 is 5.32 Å². The predicted octanol–water partition coefficient (Wildman–Crippen LogP) is 1.04. The molecule has 2 unspecified atom stereocenters. The van der Waals surface area contributed by atoms with Crippen molar-refractivity contribution < 1.29 is 19.8 Å². The van der Waals surface area contributed by atoms with Crippen molar-refractivity contribution in [3.05, 3.63) is 0 Å². The molecular formula is C14H24N2O4. The second kappa shape index (κ2) is 6.92. The number of nitrogens with zero attached hydrogens (tertiary/aromatic N) is 1. The third-order valence-electron chi connectivity index (χ3n) is 4.24. The van der Waals surface area contributed by atoms with Crippen molar-refractivity contribution in [1.29, 1.82) is 0 Å². The summed E-state index contributed by atoms with van der Waals surface area (Å²) in [5, 5.41) is 20.8. The molecular weight excluding hydrogens is 260 g/mol. The number of carboxylic acids is 1. The Morgan fingerprint density at radius 1 is 1.30 bits per heavy atom. The lowest BCUT2D eigenvalue weighted by Gasteiger charge is -2.33. The lowest BCUT2D eigenvalue weighted by molar-refractivity contribution is -0.137. The standard InChI is InChI=1S/C14H24N2O4/c17-7-5-10-2-1-6-16(9-10)14(20)15-12(8-13(18)19)11-3-4-11/h10-12,17H,1-9H2,(H,15,20)(H,18,19). The molecule has 1 saturated heterocycles. The van der Waals surface area contributed by atoms with Crippen LogP contribution in [0.4, 0.5) is 4.79 Å². The van der Waals surface area contributed by atoms with Gasteiger partial charge in [0.15, 0.2) is 0 Å². The molecule has 1 saturated carbocycles. The van der Waals surface area contributed by atoms with Crippen LogP contribution in [0.15, 0.2) is 0 Å². The number of urea groups is 1. The summed E-state index contributed by atoms with van der Waals surface area (Å²) in [5.41, 5.74) is 0. The zero-order chi connectivity index (χ0) is 14.5. The van der Waals surface area contributed by atoms with Crippen molar-refractivity contribution >= 4 is 12.0 Å². The van der Waals surface area contributed by atoms with Crippen molar-refractivity contribution in [3.8, 4) is 0 Å². The lowest BCUT2D eigenvalue weighted by atomic mass is 9.95. The average Bonchev–Trinajstić information content (AvgIpc) is 3.22. The summed E-state index contributed by atoms with van der Waals surface area (Å²) in [6, 6.07) is -0.385. The minimum absolute atomic E-state index is 0.00428. The Balaban J connectivity index is 1.84. The Morgan fingerprint density at radius 2 is 2.05 bits per heavy atom. The van der Waals surface area contributed by atoms with Crippen molar-refractivity contribution in [2.45, 2.75) is 44.6 Å². The normalized spacial score (nSPS) is 24.2. The third kappa shape index (κ3) is 4.37. The molecule has 0 radical (unpaired) electrons. The number of aliphatic carboxylic acids is 1. The predicted molar refractivity (Wildman–Crippen MR) is 73.3 cm³/mol. The zero-order valence-corrected chi connectivity index (χ0v) is 11.8. The minimum atomic E-state index is -0.862. The summed E-state index contributed by atoms with van der Waals surface area (Å²) in [6.07, 6.45) is 4.74. The highest BCUT2D eigenvalue weighted by Gasteiger charge is 2.35. The third-order valence-corrected chi connectivity index (χ3v) is 4.24. The summed E-state index contributed by atoms with van der Waals surface area (Å²) < 4.78 is 0. The number of amides is 2. The van der Waals surface area contributed by atoms with Gasteiger partial charge in [0.25, 0.3) is 0 Å². The van der Waals surface area contributed by atoms with Gasteiger partial charge in [-0.05, 0) is 43.9 Å². The van der Waals surface area contributed by atoms with Crippen LogP contribution in [0.1, 0.15) is 38.5 Å². The quantitative estimate of drug-likeness (QED) is 0.680. The molecule has 2 rings (SSSR count). The Labute approximate surface area is 119 Å². The van der Waals surface area contributed by atoms with Gasteiger partial charge in [0, 0.05) is 25.7 Å². The van der Waals surface area contributed by atoms with E-state index in [9.17, 15) is 9.59 Å². The summed E-state index contributed by atoms with van der Waals surface area (Å²) in [7, 11) is 0. The van der Waals surface area contributed by atoms with Gasteiger partial charge in [-0.3, -0.25) is 4.79 Å². The van der Waals surface area contributed by atoms with Crippen LogP contribution in [0.5, 0.6) is 0 Å². The molecule has 114 valence electrons. The summed E-state index contributed by atoms with van der Waals surface area (Å²) in [4.78, 5) is 24.8. The highest BCUT2D eigenvalue weighted by molar-refractivity contribution is 5.76. The van der Waals surface area contributed by atoms with E-state index in [1.807, 2.05) is 0 Å². The van der Waals surface area contributed by atoms with Crippen LogP contribution in [-0.2, 0) is 4.79 Å². The van der Waals surface area contributed by atoms with Gasteiger partial charge < -0.3 is 20.4 Å². The Morgan fingerprint density at radius 3 is 2.65 bits per heavy atom. The second-order valence-corrected chi connectivity index (χ2v) is 5.96. The van der Waals surface area contributed by atoms with Gasteiger partial charge in [0.2, 0.25) is 0 Å². The van der Waals surface area contributed by atoms with Gasteiger partial charge in [0.1, 0.15) is 0 Å². The molecule has 2 aliphatic rings. The van der Waals surface area contributed by atoms with E-state index >= 15 is 0 Å². The minimum Gasteiger partial charge on any atom is -0.481 e. The van der Waals surface area contributed by atoms with E-state index in [1.54, 1.807) is 4.90 Å². The van der Waals surface area contributed by atoms with Crippen LogP contribution in [0.25, 0.3) is 0 Å². The van der Waals surface area contributed by atoms with E-state index in [0.29, 0.717) is 18.4 Å². The Bertz CT molecular complexity index is 355. The molecule has 0 aromatic heterocycles. The number of carboxylic acid groups (broad SMARTS) is 1.